The number of carbonyl (C=O) groups is 1. The van der Waals surface area contributed by atoms with Gasteiger partial charge in [-0.15, -0.1) is 5.10 Å². The number of nitrogens with one attached hydrogen (secondary N) is 2. The molecule has 0 spiro atoms. The van der Waals surface area contributed by atoms with Gasteiger partial charge in [-0.3, -0.25) is 9.89 Å². The second-order valence-corrected chi connectivity index (χ2v) is 4.13. The molecule has 0 saturated heterocycles. The van der Waals surface area contributed by atoms with Crippen molar-refractivity contribution in [1.82, 2.24) is 34.9 Å². The van der Waals surface area contributed by atoms with Crippen LogP contribution in [0, 0.1) is 0 Å². The number of aromatic nitrogens is 7. The van der Waals surface area contributed by atoms with Crippen molar-refractivity contribution in [2.45, 2.75) is 13.3 Å². The summed E-state index contributed by atoms with van der Waals surface area (Å²) in [6, 6.07) is 3.43. The molecule has 0 aromatic carbocycles. The Hall–Kier alpha value is -3.10. The van der Waals surface area contributed by atoms with Gasteiger partial charge >= 0.3 is 0 Å². The number of aromatic amines is 1. The highest BCUT2D eigenvalue weighted by Crippen LogP contribution is 2.16. The van der Waals surface area contributed by atoms with Crippen LogP contribution < -0.4 is 5.32 Å². The topological polar surface area (TPSA) is 114 Å². The van der Waals surface area contributed by atoms with E-state index < -0.39 is 5.91 Å². The monoisotopic (exact) mass is 284 g/mol. The second kappa shape index (κ2) is 5.49. The Morgan fingerprint density at radius 2 is 2.38 bits per heavy atom. The third kappa shape index (κ3) is 2.61. The Kier molecular flexibility index (Phi) is 3.37. The maximum Gasteiger partial charge on any atom is 0.295 e. The van der Waals surface area contributed by atoms with Gasteiger partial charge in [0.15, 0.2) is 5.82 Å². The summed E-state index contributed by atoms with van der Waals surface area (Å²) in [5.74, 6) is 0.790. The molecule has 0 fully saturated rings. The average molecular weight is 284 g/mol. The standard InChI is InChI=1S/C12H12N8O/c1-2-9-17-10(19-18-9)12(21)16-8-4-3-5-14-11(8)20-7-13-6-15-20/h3-7H,2H2,1H3,(H,16,21)(H,17,18,19). The number of anilines is 1. The van der Waals surface area contributed by atoms with Crippen LogP contribution in [0.5, 0.6) is 0 Å². The fourth-order valence-corrected chi connectivity index (χ4v) is 1.73. The number of pyridine rings is 1. The van der Waals surface area contributed by atoms with E-state index in [1.54, 1.807) is 18.3 Å². The fourth-order valence-electron chi connectivity index (χ4n) is 1.73. The van der Waals surface area contributed by atoms with Gasteiger partial charge in [-0.05, 0) is 12.1 Å². The molecule has 2 N–H and O–H groups in total. The van der Waals surface area contributed by atoms with E-state index in [2.05, 4.69) is 35.6 Å². The Labute approximate surface area is 119 Å². The highest BCUT2D eigenvalue weighted by Gasteiger charge is 2.15. The van der Waals surface area contributed by atoms with Crippen molar-refractivity contribution in [3.8, 4) is 5.82 Å². The number of amides is 1. The zero-order valence-electron chi connectivity index (χ0n) is 11.2. The van der Waals surface area contributed by atoms with Crippen molar-refractivity contribution < 1.29 is 4.79 Å². The minimum absolute atomic E-state index is 0.0836. The van der Waals surface area contributed by atoms with Crippen LogP contribution in [0.3, 0.4) is 0 Å². The Morgan fingerprint density at radius 3 is 3.10 bits per heavy atom. The van der Waals surface area contributed by atoms with Crippen molar-refractivity contribution in [2.24, 2.45) is 0 Å². The first-order valence-electron chi connectivity index (χ1n) is 6.30. The predicted octanol–water partition coefficient (Wildman–Crippen LogP) is 0.595. The number of rotatable bonds is 4. The molecule has 0 aliphatic carbocycles. The van der Waals surface area contributed by atoms with Crippen LogP contribution in [0.15, 0.2) is 31.0 Å². The van der Waals surface area contributed by atoms with E-state index in [9.17, 15) is 4.79 Å². The number of H-pyrrole nitrogens is 1. The average Bonchev–Trinajstić information content (AvgIpc) is 3.19. The third-order valence-corrected chi connectivity index (χ3v) is 2.74. The lowest BCUT2D eigenvalue weighted by Gasteiger charge is -2.07. The van der Waals surface area contributed by atoms with Crippen LogP contribution in [0.1, 0.15) is 23.4 Å². The van der Waals surface area contributed by atoms with Crippen molar-refractivity contribution in [1.29, 1.82) is 0 Å². The quantitative estimate of drug-likeness (QED) is 0.725. The molecule has 9 nitrogen and oxygen atoms in total. The molecule has 0 atom stereocenters. The smallest absolute Gasteiger partial charge is 0.295 e. The van der Waals surface area contributed by atoms with Crippen molar-refractivity contribution >= 4 is 11.6 Å². The van der Waals surface area contributed by atoms with E-state index in [0.717, 1.165) is 0 Å². The van der Waals surface area contributed by atoms with E-state index >= 15 is 0 Å². The Morgan fingerprint density at radius 1 is 1.48 bits per heavy atom. The van der Waals surface area contributed by atoms with Crippen LogP contribution in [0.2, 0.25) is 0 Å². The molecule has 3 aromatic rings. The Bertz CT molecular complexity index is 748. The molecule has 3 aromatic heterocycles. The molecule has 21 heavy (non-hydrogen) atoms. The first kappa shape index (κ1) is 12.9. The lowest BCUT2D eigenvalue weighted by molar-refractivity contribution is 0.101. The van der Waals surface area contributed by atoms with Crippen molar-refractivity contribution in [3.63, 3.8) is 0 Å². The lowest BCUT2D eigenvalue weighted by atomic mass is 10.3. The lowest BCUT2D eigenvalue weighted by Crippen LogP contribution is -2.16. The summed E-state index contributed by atoms with van der Waals surface area (Å²) < 4.78 is 1.46. The van der Waals surface area contributed by atoms with E-state index in [0.29, 0.717) is 23.8 Å². The van der Waals surface area contributed by atoms with E-state index in [1.165, 1.54) is 17.3 Å². The van der Waals surface area contributed by atoms with Crippen molar-refractivity contribution in [2.75, 3.05) is 5.32 Å². The van der Waals surface area contributed by atoms with Crippen molar-refractivity contribution in [3.05, 3.63) is 42.6 Å². The normalized spacial score (nSPS) is 10.5. The van der Waals surface area contributed by atoms with Crippen LogP contribution in [0.4, 0.5) is 5.69 Å². The van der Waals surface area contributed by atoms with Gasteiger partial charge in [0.25, 0.3) is 5.91 Å². The zero-order chi connectivity index (χ0) is 14.7. The van der Waals surface area contributed by atoms with E-state index in [1.807, 2.05) is 6.92 Å². The molecule has 3 heterocycles. The third-order valence-electron chi connectivity index (χ3n) is 2.74. The van der Waals surface area contributed by atoms with Crippen LogP contribution in [-0.2, 0) is 6.42 Å². The molecule has 0 bridgehead atoms. The molecule has 0 aliphatic heterocycles. The second-order valence-electron chi connectivity index (χ2n) is 4.13. The summed E-state index contributed by atoms with van der Waals surface area (Å²) in [6.07, 6.45) is 5.18. The molecule has 0 saturated carbocycles. The maximum absolute atomic E-state index is 12.1. The summed E-state index contributed by atoms with van der Waals surface area (Å²) in [5.41, 5.74) is 0.496. The van der Waals surface area contributed by atoms with Gasteiger partial charge in [0.1, 0.15) is 18.5 Å². The highest BCUT2D eigenvalue weighted by molar-refractivity contribution is 6.02. The van der Waals surface area contributed by atoms with Gasteiger partial charge in [-0.2, -0.15) is 5.10 Å². The van der Waals surface area contributed by atoms with Gasteiger partial charge in [0.2, 0.25) is 5.82 Å². The van der Waals surface area contributed by atoms with E-state index in [4.69, 9.17) is 0 Å². The number of aryl methyl sites for hydroxylation is 1. The fraction of sp³-hybridized carbons (Fsp3) is 0.167. The SMILES string of the molecule is CCc1nc(C(=O)Nc2cccnc2-n2cncn2)n[nH]1. The number of nitrogens with zero attached hydrogens (tertiary/aromatic N) is 6. The summed E-state index contributed by atoms with van der Waals surface area (Å²) in [4.78, 5) is 24.3. The predicted molar refractivity (Wildman–Crippen MR) is 72.9 cm³/mol. The minimum Gasteiger partial charge on any atom is -0.316 e. The molecule has 0 radical (unpaired) electrons. The summed E-state index contributed by atoms with van der Waals surface area (Å²) in [6.45, 7) is 1.92. The molecular formula is C12H12N8O. The summed E-state index contributed by atoms with van der Waals surface area (Å²) >= 11 is 0. The van der Waals surface area contributed by atoms with Gasteiger partial charge < -0.3 is 5.32 Å². The number of hydrogen-bond donors (Lipinski definition) is 2. The minimum atomic E-state index is -0.416. The van der Waals surface area contributed by atoms with Gasteiger partial charge in [0.05, 0.1) is 5.69 Å². The number of hydrogen-bond acceptors (Lipinski definition) is 6. The van der Waals surface area contributed by atoms with Gasteiger partial charge in [-0.1, -0.05) is 6.92 Å². The first-order chi connectivity index (χ1) is 10.3. The molecule has 0 unspecified atom stereocenters. The Balaban J connectivity index is 1.86. The van der Waals surface area contributed by atoms with Crippen LogP contribution in [-0.4, -0.2) is 40.8 Å². The van der Waals surface area contributed by atoms with Crippen LogP contribution >= 0.6 is 0 Å². The molecule has 3 rings (SSSR count). The molecule has 9 heteroatoms. The van der Waals surface area contributed by atoms with E-state index in [-0.39, 0.29) is 5.82 Å². The maximum atomic E-state index is 12.1. The molecular weight excluding hydrogens is 272 g/mol. The molecule has 0 aliphatic rings. The summed E-state index contributed by atoms with van der Waals surface area (Å²) in [7, 11) is 0. The zero-order valence-corrected chi connectivity index (χ0v) is 11.2. The van der Waals surface area contributed by atoms with Gasteiger partial charge in [-0.25, -0.2) is 19.6 Å². The summed E-state index contributed by atoms with van der Waals surface area (Å²) in [5, 5.41) is 13.3. The largest absolute Gasteiger partial charge is 0.316 e. The molecule has 106 valence electrons. The molecule has 1 amide bonds. The highest BCUT2D eigenvalue weighted by atomic mass is 16.2. The number of carbonyl (C=O) groups excluding carboxylic acids is 1. The van der Waals surface area contributed by atoms with Gasteiger partial charge in [0, 0.05) is 12.6 Å². The first-order valence-corrected chi connectivity index (χ1v) is 6.30. The van der Waals surface area contributed by atoms with Crippen LogP contribution in [0.25, 0.3) is 5.82 Å².